The van der Waals surface area contributed by atoms with E-state index in [9.17, 15) is 9.59 Å². The van der Waals surface area contributed by atoms with Crippen molar-refractivity contribution in [1.29, 1.82) is 0 Å². The first-order valence-corrected chi connectivity index (χ1v) is 10.4. The molecule has 2 atom stereocenters. The van der Waals surface area contributed by atoms with Gasteiger partial charge in [0.15, 0.2) is 0 Å². The zero-order valence-corrected chi connectivity index (χ0v) is 16.3. The second-order valence-electron chi connectivity index (χ2n) is 8.76. The molecule has 0 aromatic heterocycles. The van der Waals surface area contributed by atoms with E-state index < -0.39 is 0 Å². The van der Waals surface area contributed by atoms with Crippen LogP contribution in [0.3, 0.4) is 0 Å². The van der Waals surface area contributed by atoms with Crippen LogP contribution in [-0.2, 0) is 16.0 Å². The topological polar surface area (TPSA) is 61.4 Å². The Morgan fingerprint density at radius 2 is 1.93 bits per heavy atom. The van der Waals surface area contributed by atoms with Crippen LogP contribution in [0.5, 0.6) is 0 Å². The molecule has 1 aliphatic carbocycles. The lowest BCUT2D eigenvalue weighted by Gasteiger charge is -2.32. The number of carbonyl (C=O) groups is 2. The van der Waals surface area contributed by atoms with Crippen LogP contribution in [0.15, 0.2) is 24.3 Å². The molecule has 3 fully saturated rings. The Kier molecular flexibility index (Phi) is 5.22. The number of aryl methyl sites for hydroxylation is 1. The molecule has 0 bridgehead atoms. The molecule has 3 aliphatic rings. The van der Waals surface area contributed by atoms with Crippen molar-refractivity contribution >= 4 is 11.8 Å². The molecule has 5 nitrogen and oxygen atoms in total. The number of carbonyl (C=O) groups excluding carboxylic acids is 2. The molecule has 0 spiro atoms. The van der Waals surface area contributed by atoms with Gasteiger partial charge in [-0.05, 0) is 51.0 Å². The third kappa shape index (κ3) is 4.34. The highest BCUT2D eigenvalue weighted by Crippen LogP contribution is 2.39. The third-order valence-corrected chi connectivity index (χ3v) is 6.36. The van der Waals surface area contributed by atoms with Crippen LogP contribution in [-0.4, -0.2) is 48.4 Å². The van der Waals surface area contributed by atoms with Gasteiger partial charge in [0.25, 0.3) is 0 Å². The standard InChI is InChI=1S/C22H31N3O2/c1-16-5-4-6-17(11-16)13-22(7-8-22)24-20(26)18-12-19(15-23-14-18)21(27)25-9-2-3-10-25/h4-6,11,18-19,23H,2-3,7-10,12-15H2,1H3,(H,24,26)/t18-,19-/m0/s1. The quantitative estimate of drug-likeness (QED) is 0.835. The third-order valence-electron chi connectivity index (χ3n) is 6.36. The number of rotatable bonds is 5. The van der Waals surface area contributed by atoms with Crippen molar-refractivity contribution in [2.75, 3.05) is 26.2 Å². The Morgan fingerprint density at radius 3 is 2.63 bits per heavy atom. The summed E-state index contributed by atoms with van der Waals surface area (Å²) in [6, 6.07) is 8.54. The van der Waals surface area contributed by atoms with Crippen molar-refractivity contribution in [1.82, 2.24) is 15.5 Å². The first-order chi connectivity index (χ1) is 13.0. The molecule has 2 amide bonds. The fourth-order valence-corrected chi connectivity index (χ4v) is 4.60. The summed E-state index contributed by atoms with van der Waals surface area (Å²) in [5, 5.41) is 6.66. The van der Waals surface area contributed by atoms with E-state index in [4.69, 9.17) is 0 Å². The van der Waals surface area contributed by atoms with Crippen LogP contribution < -0.4 is 10.6 Å². The number of nitrogens with one attached hydrogen (secondary N) is 2. The molecule has 1 aromatic rings. The Morgan fingerprint density at radius 1 is 1.19 bits per heavy atom. The lowest BCUT2D eigenvalue weighted by atomic mass is 9.88. The van der Waals surface area contributed by atoms with Gasteiger partial charge in [-0.15, -0.1) is 0 Å². The molecule has 2 N–H and O–H groups in total. The molecule has 5 heteroatoms. The maximum atomic E-state index is 12.9. The van der Waals surface area contributed by atoms with Crippen LogP contribution >= 0.6 is 0 Å². The van der Waals surface area contributed by atoms with Crippen molar-refractivity contribution < 1.29 is 9.59 Å². The summed E-state index contributed by atoms with van der Waals surface area (Å²) in [6.45, 7) is 5.24. The van der Waals surface area contributed by atoms with Gasteiger partial charge in [0.1, 0.15) is 0 Å². The maximum Gasteiger partial charge on any atom is 0.226 e. The monoisotopic (exact) mass is 369 g/mol. The molecule has 4 rings (SSSR count). The Balaban J connectivity index is 1.34. The minimum absolute atomic E-state index is 0.0560. The van der Waals surface area contributed by atoms with Crippen LogP contribution in [0.2, 0.25) is 0 Å². The molecule has 2 saturated heterocycles. The molecule has 146 valence electrons. The van der Waals surface area contributed by atoms with Crippen LogP contribution in [0.1, 0.15) is 43.2 Å². The molecule has 0 radical (unpaired) electrons. The fraction of sp³-hybridized carbons (Fsp3) is 0.636. The number of likely N-dealkylation sites (tertiary alicyclic amines) is 1. The summed E-state index contributed by atoms with van der Waals surface area (Å²) in [6.07, 6.45) is 5.88. The Hall–Kier alpha value is -1.88. The summed E-state index contributed by atoms with van der Waals surface area (Å²) in [4.78, 5) is 27.6. The number of hydrogen-bond acceptors (Lipinski definition) is 3. The summed E-state index contributed by atoms with van der Waals surface area (Å²) >= 11 is 0. The van der Waals surface area contributed by atoms with Crippen LogP contribution in [0, 0.1) is 18.8 Å². The van der Waals surface area contributed by atoms with Crippen molar-refractivity contribution in [3.05, 3.63) is 35.4 Å². The number of piperidine rings is 1. The summed E-state index contributed by atoms with van der Waals surface area (Å²) < 4.78 is 0. The van der Waals surface area contributed by atoms with E-state index in [2.05, 4.69) is 41.8 Å². The zero-order valence-electron chi connectivity index (χ0n) is 16.3. The van der Waals surface area contributed by atoms with Gasteiger partial charge < -0.3 is 15.5 Å². The van der Waals surface area contributed by atoms with Crippen molar-refractivity contribution in [2.45, 2.75) is 51.0 Å². The lowest BCUT2D eigenvalue weighted by molar-refractivity contribution is -0.136. The summed E-state index contributed by atoms with van der Waals surface area (Å²) in [5.74, 6) is 0.190. The van der Waals surface area contributed by atoms with E-state index in [-0.39, 0.29) is 29.2 Å². The van der Waals surface area contributed by atoms with Gasteiger partial charge in [0.05, 0.1) is 11.8 Å². The highest BCUT2D eigenvalue weighted by atomic mass is 16.2. The Bertz CT molecular complexity index is 707. The van der Waals surface area contributed by atoms with E-state index >= 15 is 0 Å². The lowest BCUT2D eigenvalue weighted by Crippen LogP contribution is -2.51. The molecular weight excluding hydrogens is 338 g/mol. The minimum atomic E-state index is -0.106. The van der Waals surface area contributed by atoms with Gasteiger partial charge in [-0.2, -0.15) is 0 Å². The van der Waals surface area contributed by atoms with Crippen molar-refractivity contribution in [3.8, 4) is 0 Å². The number of hydrogen-bond donors (Lipinski definition) is 2. The SMILES string of the molecule is Cc1cccc(CC2(NC(=O)[C@@H]3CNC[C@@H](C(=O)N4CCCC4)C3)CC2)c1. The molecule has 0 unspecified atom stereocenters. The minimum Gasteiger partial charge on any atom is -0.350 e. The number of benzene rings is 1. The average molecular weight is 370 g/mol. The second kappa shape index (κ2) is 7.63. The highest BCUT2D eigenvalue weighted by molar-refractivity contribution is 5.83. The van der Waals surface area contributed by atoms with Gasteiger partial charge in [0.2, 0.25) is 11.8 Å². The van der Waals surface area contributed by atoms with E-state index in [1.54, 1.807) is 0 Å². The molecule has 2 heterocycles. The molecule has 27 heavy (non-hydrogen) atoms. The first kappa shape index (κ1) is 18.5. The van der Waals surface area contributed by atoms with E-state index in [1.165, 1.54) is 11.1 Å². The van der Waals surface area contributed by atoms with Gasteiger partial charge in [-0.25, -0.2) is 0 Å². The van der Waals surface area contributed by atoms with E-state index in [1.807, 2.05) is 4.90 Å². The summed E-state index contributed by atoms with van der Waals surface area (Å²) in [7, 11) is 0. The average Bonchev–Trinajstić information content (AvgIpc) is 3.19. The van der Waals surface area contributed by atoms with E-state index in [0.717, 1.165) is 45.2 Å². The first-order valence-electron chi connectivity index (χ1n) is 10.4. The fourth-order valence-electron chi connectivity index (χ4n) is 4.60. The van der Waals surface area contributed by atoms with Crippen molar-refractivity contribution in [2.24, 2.45) is 11.8 Å². The Labute approximate surface area is 161 Å². The van der Waals surface area contributed by atoms with Gasteiger partial charge >= 0.3 is 0 Å². The number of amides is 2. The van der Waals surface area contributed by atoms with Gasteiger partial charge in [-0.3, -0.25) is 9.59 Å². The van der Waals surface area contributed by atoms with E-state index in [0.29, 0.717) is 19.5 Å². The van der Waals surface area contributed by atoms with Gasteiger partial charge in [0, 0.05) is 31.7 Å². The van der Waals surface area contributed by atoms with Crippen molar-refractivity contribution in [3.63, 3.8) is 0 Å². The van der Waals surface area contributed by atoms with Crippen LogP contribution in [0.4, 0.5) is 0 Å². The number of nitrogens with zero attached hydrogens (tertiary/aromatic N) is 1. The normalized spacial score (nSPS) is 26.6. The maximum absolute atomic E-state index is 12.9. The predicted octanol–water partition coefficient (Wildman–Crippen LogP) is 2.03. The molecular formula is C22H31N3O2. The zero-order chi connectivity index (χ0) is 18.9. The largest absolute Gasteiger partial charge is 0.350 e. The second-order valence-corrected chi connectivity index (χ2v) is 8.76. The predicted molar refractivity (Wildman–Crippen MR) is 105 cm³/mol. The smallest absolute Gasteiger partial charge is 0.226 e. The highest BCUT2D eigenvalue weighted by Gasteiger charge is 2.45. The molecule has 1 aromatic carbocycles. The summed E-state index contributed by atoms with van der Waals surface area (Å²) in [5.41, 5.74) is 2.47. The van der Waals surface area contributed by atoms with Gasteiger partial charge in [-0.1, -0.05) is 29.8 Å². The van der Waals surface area contributed by atoms with Crippen LogP contribution in [0.25, 0.3) is 0 Å². The molecule has 2 aliphatic heterocycles. The molecule has 1 saturated carbocycles.